The molecule has 0 aliphatic rings. The van der Waals surface area contributed by atoms with E-state index in [1.165, 1.54) is 31.4 Å². The molecule has 0 unspecified atom stereocenters. The Labute approximate surface area is 181 Å². The zero-order chi connectivity index (χ0) is 21.7. The monoisotopic (exact) mass is 444 g/mol. The predicted molar refractivity (Wildman–Crippen MR) is 119 cm³/mol. The van der Waals surface area contributed by atoms with Crippen LogP contribution in [0.2, 0.25) is 5.02 Å². The molecule has 0 fully saturated rings. The van der Waals surface area contributed by atoms with Gasteiger partial charge in [0.25, 0.3) is 10.0 Å². The van der Waals surface area contributed by atoms with Gasteiger partial charge in [-0.1, -0.05) is 35.9 Å². The summed E-state index contributed by atoms with van der Waals surface area (Å²) in [5, 5.41) is 3.14. The lowest BCUT2D eigenvalue weighted by Gasteiger charge is -2.24. The third-order valence-corrected chi connectivity index (χ3v) is 6.40. The SMILES string of the molecule is COc1ccccc1NC(=O)CN(c1cccc(C)c1)S(=O)(=O)c1ccc(Cl)cc1. The normalized spacial score (nSPS) is 11.0. The predicted octanol–water partition coefficient (Wildman–Crippen LogP) is 4.49. The number of ether oxygens (including phenoxy) is 1. The van der Waals surface area contributed by atoms with Crippen molar-refractivity contribution in [3.05, 3.63) is 83.4 Å². The van der Waals surface area contributed by atoms with Gasteiger partial charge in [0.1, 0.15) is 12.3 Å². The standard InChI is InChI=1S/C22H21ClN2O4S/c1-16-6-5-7-18(14-16)25(30(27,28)19-12-10-17(23)11-13-19)15-22(26)24-20-8-3-4-9-21(20)29-2/h3-14H,15H2,1-2H3,(H,24,26). The lowest BCUT2D eigenvalue weighted by Crippen LogP contribution is -2.38. The Morgan fingerprint density at radius 3 is 2.40 bits per heavy atom. The maximum atomic E-state index is 13.3. The molecule has 0 aliphatic heterocycles. The number of nitrogens with one attached hydrogen (secondary N) is 1. The highest BCUT2D eigenvalue weighted by molar-refractivity contribution is 7.92. The van der Waals surface area contributed by atoms with Crippen molar-refractivity contribution in [2.75, 3.05) is 23.3 Å². The van der Waals surface area contributed by atoms with Crippen molar-refractivity contribution in [2.45, 2.75) is 11.8 Å². The zero-order valence-electron chi connectivity index (χ0n) is 16.5. The number of amides is 1. The first-order valence-electron chi connectivity index (χ1n) is 9.09. The number of anilines is 2. The molecule has 0 aromatic heterocycles. The van der Waals surface area contributed by atoms with Gasteiger partial charge in [-0.05, 0) is 61.0 Å². The number of hydrogen-bond acceptors (Lipinski definition) is 4. The van der Waals surface area contributed by atoms with Gasteiger partial charge in [-0.2, -0.15) is 0 Å². The molecule has 0 heterocycles. The minimum atomic E-state index is -4.01. The number of hydrogen-bond donors (Lipinski definition) is 1. The van der Waals surface area contributed by atoms with Crippen LogP contribution < -0.4 is 14.4 Å². The van der Waals surface area contributed by atoms with Gasteiger partial charge >= 0.3 is 0 Å². The van der Waals surface area contributed by atoms with Crippen LogP contribution in [0.1, 0.15) is 5.56 Å². The Kier molecular flexibility index (Phi) is 6.64. The zero-order valence-corrected chi connectivity index (χ0v) is 18.1. The molecule has 0 saturated heterocycles. The number of halogens is 1. The van der Waals surface area contributed by atoms with Gasteiger partial charge in [-0.25, -0.2) is 8.42 Å². The molecule has 156 valence electrons. The van der Waals surface area contributed by atoms with Crippen molar-refractivity contribution in [1.29, 1.82) is 0 Å². The van der Waals surface area contributed by atoms with Crippen LogP contribution in [0.5, 0.6) is 5.75 Å². The molecule has 0 aliphatic carbocycles. The molecule has 3 aromatic rings. The average molecular weight is 445 g/mol. The van der Waals surface area contributed by atoms with Crippen LogP contribution in [0.25, 0.3) is 0 Å². The molecule has 30 heavy (non-hydrogen) atoms. The summed E-state index contributed by atoms with van der Waals surface area (Å²) in [6.45, 7) is 1.44. The summed E-state index contributed by atoms with van der Waals surface area (Å²) in [5.41, 5.74) is 1.71. The summed E-state index contributed by atoms with van der Waals surface area (Å²) >= 11 is 5.90. The van der Waals surface area contributed by atoms with Crippen LogP contribution in [0.15, 0.2) is 77.7 Å². The summed E-state index contributed by atoms with van der Waals surface area (Å²) in [7, 11) is -2.51. The number of methoxy groups -OCH3 is 1. The molecule has 3 aromatic carbocycles. The second-order valence-electron chi connectivity index (χ2n) is 6.55. The van der Waals surface area contributed by atoms with E-state index in [2.05, 4.69) is 5.32 Å². The van der Waals surface area contributed by atoms with Crippen LogP contribution in [-0.2, 0) is 14.8 Å². The Morgan fingerprint density at radius 2 is 1.73 bits per heavy atom. The number of sulfonamides is 1. The fraction of sp³-hybridized carbons (Fsp3) is 0.136. The van der Waals surface area contributed by atoms with E-state index in [1.54, 1.807) is 42.5 Å². The quantitative estimate of drug-likeness (QED) is 0.582. The highest BCUT2D eigenvalue weighted by Gasteiger charge is 2.27. The maximum absolute atomic E-state index is 13.3. The fourth-order valence-electron chi connectivity index (χ4n) is 2.90. The van der Waals surface area contributed by atoms with E-state index in [-0.39, 0.29) is 4.90 Å². The Hall–Kier alpha value is -3.03. The molecular formula is C22H21ClN2O4S. The van der Waals surface area contributed by atoms with Gasteiger partial charge in [-0.3, -0.25) is 9.10 Å². The third-order valence-electron chi connectivity index (χ3n) is 4.36. The van der Waals surface area contributed by atoms with Crippen LogP contribution in [0.4, 0.5) is 11.4 Å². The molecule has 0 bridgehead atoms. The first-order valence-corrected chi connectivity index (χ1v) is 10.9. The number of rotatable bonds is 7. The molecule has 1 amide bonds. The molecular weight excluding hydrogens is 424 g/mol. The van der Waals surface area contributed by atoms with Gasteiger partial charge < -0.3 is 10.1 Å². The number of benzene rings is 3. The average Bonchev–Trinajstić information content (AvgIpc) is 2.72. The number of nitrogens with zero attached hydrogens (tertiary/aromatic N) is 1. The van der Waals surface area contributed by atoms with Gasteiger partial charge in [-0.15, -0.1) is 0 Å². The first kappa shape index (κ1) is 21.7. The molecule has 1 N–H and O–H groups in total. The highest BCUT2D eigenvalue weighted by atomic mass is 35.5. The smallest absolute Gasteiger partial charge is 0.264 e. The topological polar surface area (TPSA) is 75.7 Å². The van der Waals surface area contributed by atoms with Crippen molar-refractivity contribution in [2.24, 2.45) is 0 Å². The van der Waals surface area contributed by atoms with Crippen LogP contribution in [0, 0.1) is 6.92 Å². The van der Waals surface area contributed by atoms with Crippen molar-refractivity contribution in [3.8, 4) is 5.75 Å². The fourth-order valence-corrected chi connectivity index (χ4v) is 4.44. The van der Waals surface area contributed by atoms with E-state index < -0.39 is 22.5 Å². The van der Waals surface area contributed by atoms with Gasteiger partial charge in [0.15, 0.2) is 0 Å². The maximum Gasteiger partial charge on any atom is 0.264 e. The summed E-state index contributed by atoms with van der Waals surface area (Å²) in [5.74, 6) is -0.0212. The van der Waals surface area contributed by atoms with Gasteiger partial charge in [0, 0.05) is 5.02 Å². The van der Waals surface area contributed by atoms with Crippen molar-refractivity contribution < 1.29 is 17.9 Å². The van der Waals surface area contributed by atoms with Gasteiger partial charge in [0.2, 0.25) is 5.91 Å². The number of aryl methyl sites for hydroxylation is 1. The minimum Gasteiger partial charge on any atom is -0.495 e. The Morgan fingerprint density at radius 1 is 1.03 bits per heavy atom. The van der Waals surface area contributed by atoms with Crippen LogP contribution in [0.3, 0.4) is 0 Å². The van der Waals surface area contributed by atoms with Gasteiger partial charge in [0.05, 0.1) is 23.4 Å². The number of carbonyl (C=O) groups is 1. The second-order valence-corrected chi connectivity index (χ2v) is 8.85. The van der Waals surface area contributed by atoms with E-state index in [0.29, 0.717) is 22.1 Å². The molecule has 6 nitrogen and oxygen atoms in total. The second kappa shape index (κ2) is 9.19. The van der Waals surface area contributed by atoms with E-state index in [9.17, 15) is 13.2 Å². The Balaban J connectivity index is 1.96. The molecule has 0 spiro atoms. The van der Waals surface area contributed by atoms with Crippen molar-refractivity contribution >= 4 is 38.9 Å². The van der Waals surface area contributed by atoms with Crippen LogP contribution >= 0.6 is 11.6 Å². The third kappa shape index (κ3) is 4.93. The summed E-state index contributed by atoms with van der Waals surface area (Å²) in [6, 6.07) is 19.7. The highest BCUT2D eigenvalue weighted by Crippen LogP contribution is 2.27. The van der Waals surface area contributed by atoms with Crippen LogP contribution in [-0.4, -0.2) is 28.0 Å². The first-order chi connectivity index (χ1) is 14.3. The van der Waals surface area contributed by atoms with E-state index in [1.807, 2.05) is 13.0 Å². The van der Waals surface area contributed by atoms with E-state index >= 15 is 0 Å². The summed E-state index contributed by atoms with van der Waals surface area (Å²) < 4.78 is 33.0. The molecule has 3 rings (SSSR count). The lowest BCUT2D eigenvalue weighted by atomic mass is 10.2. The van der Waals surface area contributed by atoms with Crippen molar-refractivity contribution in [3.63, 3.8) is 0 Å². The van der Waals surface area contributed by atoms with E-state index in [4.69, 9.17) is 16.3 Å². The largest absolute Gasteiger partial charge is 0.495 e. The lowest BCUT2D eigenvalue weighted by molar-refractivity contribution is -0.114. The molecule has 8 heteroatoms. The van der Waals surface area contributed by atoms with E-state index in [0.717, 1.165) is 9.87 Å². The molecule has 0 atom stereocenters. The van der Waals surface area contributed by atoms with Crippen molar-refractivity contribution in [1.82, 2.24) is 0 Å². The summed E-state index contributed by atoms with van der Waals surface area (Å²) in [4.78, 5) is 12.8. The Bertz CT molecular complexity index is 1150. The number of carbonyl (C=O) groups excluding carboxylic acids is 1. The number of para-hydroxylation sites is 2. The molecule has 0 saturated carbocycles. The summed E-state index contributed by atoms with van der Waals surface area (Å²) in [6.07, 6.45) is 0. The minimum absolute atomic E-state index is 0.0403. The molecule has 0 radical (unpaired) electrons.